The third kappa shape index (κ3) is 3.32. The van der Waals surface area contributed by atoms with E-state index in [0.29, 0.717) is 11.4 Å². The van der Waals surface area contributed by atoms with E-state index in [4.69, 9.17) is 11.6 Å². The van der Waals surface area contributed by atoms with Gasteiger partial charge in [0.05, 0.1) is 5.60 Å². The average molecular weight is 267 g/mol. The molecule has 2 rings (SSSR count). The summed E-state index contributed by atoms with van der Waals surface area (Å²) in [6.45, 7) is 1.84. The number of rotatable bonds is 4. The highest BCUT2D eigenvalue weighted by atomic mass is 35.5. The van der Waals surface area contributed by atoms with Crippen LogP contribution in [-0.2, 0) is 12.0 Å². The Bertz CT molecular complexity index is 477. The minimum atomic E-state index is -0.827. The van der Waals surface area contributed by atoms with Crippen LogP contribution in [0.1, 0.15) is 24.5 Å². The molecule has 1 atom stereocenters. The molecule has 0 fully saturated rings. The van der Waals surface area contributed by atoms with E-state index in [1.165, 1.54) is 5.56 Å². The van der Waals surface area contributed by atoms with Crippen molar-refractivity contribution in [3.63, 3.8) is 0 Å². The quantitative estimate of drug-likeness (QED) is 0.878. The lowest BCUT2D eigenvalue weighted by Gasteiger charge is -2.23. The number of thiophene rings is 1. The zero-order valence-electron chi connectivity index (χ0n) is 9.69. The molecule has 1 heterocycles. The molecule has 0 saturated carbocycles. The molecule has 1 unspecified atom stereocenters. The lowest BCUT2D eigenvalue weighted by molar-refractivity contribution is 0.0481. The Morgan fingerprint density at radius 3 is 2.82 bits per heavy atom. The largest absolute Gasteiger partial charge is 0.385 e. The fourth-order valence-corrected chi connectivity index (χ4v) is 2.68. The van der Waals surface area contributed by atoms with Crippen LogP contribution in [0.4, 0.5) is 0 Å². The summed E-state index contributed by atoms with van der Waals surface area (Å²) in [4.78, 5) is 0. The van der Waals surface area contributed by atoms with E-state index < -0.39 is 5.60 Å². The monoisotopic (exact) mass is 266 g/mol. The summed E-state index contributed by atoms with van der Waals surface area (Å²) in [6.07, 6.45) is 1.58. The van der Waals surface area contributed by atoms with Crippen LogP contribution >= 0.6 is 22.9 Å². The molecule has 1 N–H and O–H groups in total. The van der Waals surface area contributed by atoms with E-state index in [-0.39, 0.29) is 0 Å². The highest BCUT2D eigenvalue weighted by Gasteiger charge is 2.22. The maximum atomic E-state index is 10.5. The second-order valence-corrected chi connectivity index (χ2v) is 5.63. The van der Waals surface area contributed by atoms with Gasteiger partial charge >= 0.3 is 0 Å². The first-order valence-corrected chi connectivity index (χ1v) is 6.89. The molecule has 90 valence electrons. The van der Waals surface area contributed by atoms with Crippen LogP contribution in [0.15, 0.2) is 41.1 Å². The highest BCUT2D eigenvalue weighted by Crippen LogP contribution is 2.28. The number of aryl methyl sites for hydroxylation is 1. The molecular formula is C14H15ClOS. The van der Waals surface area contributed by atoms with Gasteiger partial charge in [-0.15, -0.1) is 0 Å². The van der Waals surface area contributed by atoms with Crippen LogP contribution in [0, 0.1) is 0 Å². The molecular weight excluding hydrogens is 252 g/mol. The molecule has 0 aliphatic heterocycles. The molecule has 0 radical (unpaired) electrons. The number of benzene rings is 1. The van der Waals surface area contributed by atoms with Gasteiger partial charge in [-0.3, -0.25) is 0 Å². The van der Waals surface area contributed by atoms with Gasteiger partial charge in [0.25, 0.3) is 0 Å². The van der Waals surface area contributed by atoms with Crippen molar-refractivity contribution < 1.29 is 5.11 Å². The van der Waals surface area contributed by atoms with Crippen molar-refractivity contribution in [1.29, 1.82) is 0 Å². The van der Waals surface area contributed by atoms with Gasteiger partial charge < -0.3 is 5.11 Å². The van der Waals surface area contributed by atoms with Crippen molar-refractivity contribution in [3.05, 3.63) is 57.2 Å². The first kappa shape index (κ1) is 12.6. The standard InChI is InChI=1S/C14H15ClOS/c1-14(16,7-5-11-6-8-17-10-11)12-3-2-4-13(15)9-12/h2-4,6,8-10,16H,5,7H2,1H3. The fraction of sp³-hybridized carbons (Fsp3) is 0.286. The van der Waals surface area contributed by atoms with Gasteiger partial charge in [-0.1, -0.05) is 23.7 Å². The third-order valence-electron chi connectivity index (χ3n) is 2.93. The summed E-state index contributed by atoms with van der Waals surface area (Å²) in [5.74, 6) is 0. The lowest BCUT2D eigenvalue weighted by Crippen LogP contribution is -2.21. The summed E-state index contributed by atoms with van der Waals surface area (Å²) >= 11 is 7.63. The molecule has 1 nitrogen and oxygen atoms in total. The zero-order valence-corrected chi connectivity index (χ0v) is 11.3. The summed E-state index contributed by atoms with van der Waals surface area (Å²) in [5.41, 5.74) is 1.32. The van der Waals surface area contributed by atoms with Crippen LogP contribution in [0.25, 0.3) is 0 Å². The zero-order chi connectivity index (χ0) is 12.3. The second kappa shape index (κ2) is 5.21. The van der Waals surface area contributed by atoms with Crippen molar-refractivity contribution in [3.8, 4) is 0 Å². The van der Waals surface area contributed by atoms with Gasteiger partial charge in [0, 0.05) is 5.02 Å². The maximum absolute atomic E-state index is 10.5. The number of aliphatic hydroxyl groups is 1. The van der Waals surface area contributed by atoms with Crippen LogP contribution < -0.4 is 0 Å². The Balaban J connectivity index is 2.08. The first-order valence-electron chi connectivity index (χ1n) is 5.57. The molecule has 1 aromatic heterocycles. The smallest absolute Gasteiger partial charge is 0.0872 e. The summed E-state index contributed by atoms with van der Waals surface area (Å²) in [7, 11) is 0. The highest BCUT2D eigenvalue weighted by molar-refractivity contribution is 7.07. The normalized spacial score (nSPS) is 14.5. The van der Waals surface area contributed by atoms with E-state index in [1.54, 1.807) is 11.3 Å². The average Bonchev–Trinajstić information content (AvgIpc) is 2.79. The topological polar surface area (TPSA) is 20.2 Å². The van der Waals surface area contributed by atoms with Crippen molar-refractivity contribution in [1.82, 2.24) is 0 Å². The van der Waals surface area contributed by atoms with Crippen LogP contribution in [0.3, 0.4) is 0 Å². The molecule has 0 saturated heterocycles. The number of hydrogen-bond donors (Lipinski definition) is 1. The lowest BCUT2D eigenvalue weighted by atomic mass is 9.90. The van der Waals surface area contributed by atoms with Gasteiger partial charge in [-0.2, -0.15) is 11.3 Å². The predicted octanol–water partition coefficient (Wildman–Crippen LogP) is 4.24. The molecule has 17 heavy (non-hydrogen) atoms. The minimum Gasteiger partial charge on any atom is -0.385 e. The number of halogens is 1. The molecule has 2 aromatic rings. The van der Waals surface area contributed by atoms with Crippen LogP contribution in [-0.4, -0.2) is 5.11 Å². The van der Waals surface area contributed by atoms with E-state index in [2.05, 4.69) is 16.8 Å². The third-order valence-corrected chi connectivity index (χ3v) is 3.89. The maximum Gasteiger partial charge on any atom is 0.0872 e. The predicted molar refractivity (Wildman–Crippen MR) is 73.7 cm³/mol. The molecule has 1 aromatic carbocycles. The number of hydrogen-bond acceptors (Lipinski definition) is 2. The second-order valence-electron chi connectivity index (χ2n) is 4.42. The van der Waals surface area contributed by atoms with E-state index in [1.807, 2.05) is 31.2 Å². The van der Waals surface area contributed by atoms with Gasteiger partial charge in [0.1, 0.15) is 0 Å². The Labute approximate surface area is 111 Å². The van der Waals surface area contributed by atoms with E-state index in [9.17, 15) is 5.11 Å². The Morgan fingerprint density at radius 1 is 1.35 bits per heavy atom. The molecule has 3 heteroatoms. The molecule has 0 bridgehead atoms. The van der Waals surface area contributed by atoms with Crippen molar-refractivity contribution in [2.75, 3.05) is 0 Å². The van der Waals surface area contributed by atoms with Gasteiger partial charge in [0.2, 0.25) is 0 Å². The first-order chi connectivity index (χ1) is 8.08. The van der Waals surface area contributed by atoms with Crippen LogP contribution in [0.5, 0.6) is 0 Å². The van der Waals surface area contributed by atoms with Crippen molar-refractivity contribution >= 4 is 22.9 Å². The Morgan fingerprint density at radius 2 is 2.18 bits per heavy atom. The fourth-order valence-electron chi connectivity index (χ4n) is 1.79. The van der Waals surface area contributed by atoms with Crippen molar-refractivity contribution in [2.45, 2.75) is 25.4 Å². The molecule has 0 spiro atoms. The van der Waals surface area contributed by atoms with Crippen LogP contribution in [0.2, 0.25) is 5.02 Å². The SMILES string of the molecule is CC(O)(CCc1ccsc1)c1cccc(Cl)c1. The summed E-state index contributed by atoms with van der Waals surface area (Å²) in [5, 5.41) is 15.3. The van der Waals surface area contributed by atoms with Gasteiger partial charge in [-0.05, 0) is 59.9 Å². The molecule has 0 amide bonds. The van der Waals surface area contributed by atoms with Gasteiger partial charge in [-0.25, -0.2) is 0 Å². The summed E-state index contributed by atoms with van der Waals surface area (Å²) in [6, 6.07) is 9.53. The Kier molecular flexibility index (Phi) is 3.87. The Hall–Kier alpha value is -0.830. The summed E-state index contributed by atoms with van der Waals surface area (Å²) < 4.78 is 0. The van der Waals surface area contributed by atoms with E-state index >= 15 is 0 Å². The molecule has 0 aliphatic rings. The molecule has 0 aliphatic carbocycles. The van der Waals surface area contributed by atoms with Gasteiger partial charge in [0.15, 0.2) is 0 Å². The minimum absolute atomic E-state index is 0.665. The van der Waals surface area contributed by atoms with E-state index in [0.717, 1.165) is 12.0 Å². The van der Waals surface area contributed by atoms with Crippen molar-refractivity contribution in [2.24, 2.45) is 0 Å².